The molecule has 2 aliphatic rings. The summed E-state index contributed by atoms with van der Waals surface area (Å²) in [5, 5.41) is 0. The highest BCUT2D eigenvalue weighted by Gasteiger charge is 2.34. The summed E-state index contributed by atoms with van der Waals surface area (Å²) in [5.41, 5.74) is 1.56. The Morgan fingerprint density at radius 1 is 1.11 bits per heavy atom. The average molecular weight is 257 g/mol. The van der Waals surface area contributed by atoms with E-state index in [9.17, 15) is 0 Å². The number of rotatable bonds is 4. The van der Waals surface area contributed by atoms with E-state index >= 15 is 0 Å². The lowest BCUT2D eigenvalue weighted by atomic mass is 9.75. The van der Waals surface area contributed by atoms with Gasteiger partial charge >= 0.3 is 0 Å². The van der Waals surface area contributed by atoms with E-state index in [2.05, 4.69) is 49.1 Å². The lowest BCUT2D eigenvalue weighted by Gasteiger charge is -2.41. The molecule has 1 aliphatic heterocycles. The Morgan fingerprint density at radius 2 is 1.84 bits per heavy atom. The maximum Gasteiger partial charge on any atom is 0.00181 e. The van der Waals surface area contributed by atoms with Gasteiger partial charge in [0.05, 0.1) is 0 Å². The molecule has 0 amide bonds. The van der Waals surface area contributed by atoms with Crippen molar-refractivity contribution in [3.63, 3.8) is 0 Å². The molecule has 1 heteroatoms. The molecule has 1 aromatic carbocycles. The van der Waals surface area contributed by atoms with Crippen LogP contribution in [0.5, 0.6) is 0 Å². The highest BCUT2D eigenvalue weighted by atomic mass is 15.1. The second-order valence-corrected chi connectivity index (χ2v) is 6.92. The van der Waals surface area contributed by atoms with Crippen LogP contribution in [0.15, 0.2) is 30.3 Å². The lowest BCUT2D eigenvalue weighted by Crippen LogP contribution is -2.42. The van der Waals surface area contributed by atoms with Crippen LogP contribution in [0.4, 0.5) is 0 Å². The summed E-state index contributed by atoms with van der Waals surface area (Å²) in [6.45, 7) is 8.79. The Kier molecular flexibility index (Phi) is 3.93. The van der Waals surface area contributed by atoms with Crippen LogP contribution in [0.3, 0.4) is 0 Å². The first-order valence-corrected chi connectivity index (χ1v) is 8.01. The molecule has 2 fully saturated rings. The molecule has 2 atom stereocenters. The van der Waals surface area contributed by atoms with Crippen LogP contribution in [0.25, 0.3) is 0 Å². The van der Waals surface area contributed by atoms with Gasteiger partial charge in [-0.25, -0.2) is 0 Å². The summed E-state index contributed by atoms with van der Waals surface area (Å²) in [4.78, 5) is 2.74. The summed E-state index contributed by atoms with van der Waals surface area (Å²) in [6, 6.07) is 11.2. The van der Waals surface area contributed by atoms with E-state index in [4.69, 9.17) is 0 Å². The minimum Gasteiger partial charge on any atom is -0.303 e. The smallest absolute Gasteiger partial charge is 0.00181 e. The fraction of sp³-hybridized carbons (Fsp3) is 0.667. The standard InChI is InChI=1S/C18H27N/c1-14(2)18-13-19(12-15-8-9-15)11-10-17(18)16-6-4-3-5-7-16/h3-7,14-15,17-18H,8-13H2,1-2H3/t17?,18-/m1/s1. The molecule has 1 unspecified atom stereocenters. The van der Waals surface area contributed by atoms with Crippen molar-refractivity contribution >= 4 is 0 Å². The minimum absolute atomic E-state index is 0.775. The third-order valence-electron chi connectivity index (χ3n) is 5.04. The predicted octanol–water partition coefficient (Wildman–Crippen LogP) is 4.16. The SMILES string of the molecule is CC(C)[C@H]1CN(CC2CC2)CCC1c1ccccc1. The van der Waals surface area contributed by atoms with Gasteiger partial charge < -0.3 is 4.90 Å². The molecule has 1 heterocycles. The van der Waals surface area contributed by atoms with Gasteiger partial charge in [0.15, 0.2) is 0 Å². The molecule has 1 saturated carbocycles. The van der Waals surface area contributed by atoms with Gasteiger partial charge in [-0.1, -0.05) is 44.2 Å². The lowest BCUT2D eigenvalue weighted by molar-refractivity contribution is 0.119. The summed E-state index contributed by atoms with van der Waals surface area (Å²) in [7, 11) is 0. The monoisotopic (exact) mass is 257 g/mol. The van der Waals surface area contributed by atoms with Crippen molar-refractivity contribution in [2.24, 2.45) is 17.8 Å². The number of benzene rings is 1. The largest absolute Gasteiger partial charge is 0.303 e. The molecule has 1 nitrogen and oxygen atoms in total. The summed E-state index contributed by atoms with van der Waals surface area (Å²) >= 11 is 0. The molecular formula is C18H27N. The number of hydrogen-bond donors (Lipinski definition) is 0. The minimum atomic E-state index is 0.775. The Hall–Kier alpha value is -0.820. The number of hydrogen-bond acceptors (Lipinski definition) is 1. The van der Waals surface area contributed by atoms with Crippen LogP contribution < -0.4 is 0 Å². The van der Waals surface area contributed by atoms with Gasteiger partial charge in [-0.2, -0.15) is 0 Å². The van der Waals surface area contributed by atoms with Gasteiger partial charge in [0.1, 0.15) is 0 Å². The molecule has 0 radical (unpaired) electrons. The van der Waals surface area contributed by atoms with Crippen molar-refractivity contribution in [2.75, 3.05) is 19.6 Å². The maximum absolute atomic E-state index is 2.74. The van der Waals surface area contributed by atoms with Crippen LogP contribution in [0.2, 0.25) is 0 Å². The van der Waals surface area contributed by atoms with Crippen molar-refractivity contribution in [2.45, 2.75) is 39.0 Å². The number of likely N-dealkylation sites (tertiary alicyclic amines) is 1. The van der Waals surface area contributed by atoms with Gasteiger partial charge in [-0.3, -0.25) is 0 Å². The molecule has 0 bridgehead atoms. The van der Waals surface area contributed by atoms with Gasteiger partial charge in [0, 0.05) is 13.1 Å². The molecule has 104 valence electrons. The summed E-state index contributed by atoms with van der Waals surface area (Å²) in [6.07, 6.45) is 4.30. The zero-order valence-corrected chi connectivity index (χ0v) is 12.4. The average Bonchev–Trinajstić information content (AvgIpc) is 3.23. The maximum atomic E-state index is 2.74. The molecule has 1 aliphatic carbocycles. The topological polar surface area (TPSA) is 3.24 Å². The summed E-state index contributed by atoms with van der Waals surface area (Å²) < 4.78 is 0. The van der Waals surface area contributed by atoms with Crippen LogP contribution in [0.1, 0.15) is 44.6 Å². The fourth-order valence-corrected chi connectivity index (χ4v) is 3.67. The zero-order valence-electron chi connectivity index (χ0n) is 12.4. The summed E-state index contributed by atoms with van der Waals surface area (Å²) in [5.74, 6) is 3.42. The number of nitrogens with zero attached hydrogens (tertiary/aromatic N) is 1. The Balaban J connectivity index is 1.70. The molecule has 1 aromatic rings. The van der Waals surface area contributed by atoms with Crippen LogP contribution in [0, 0.1) is 17.8 Å². The Labute approximate surface area is 118 Å². The van der Waals surface area contributed by atoms with Crippen LogP contribution in [-0.2, 0) is 0 Å². The van der Waals surface area contributed by atoms with Crippen molar-refractivity contribution < 1.29 is 0 Å². The normalized spacial score (nSPS) is 28.8. The first-order chi connectivity index (χ1) is 9.24. The quantitative estimate of drug-likeness (QED) is 0.783. The van der Waals surface area contributed by atoms with Gasteiger partial charge in [-0.15, -0.1) is 0 Å². The second kappa shape index (κ2) is 5.66. The number of piperidine rings is 1. The molecule has 0 aromatic heterocycles. The fourth-order valence-electron chi connectivity index (χ4n) is 3.67. The van der Waals surface area contributed by atoms with Crippen molar-refractivity contribution in [1.29, 1.82) is 0 Å². The van der Waals surface area contributed by atoms with Gasteiger partial charge in [0.25, 0.3) is 0 Å². The first kappa shape index (κ1) is 13.2. The van der Waals surface area contributed by atoms with Crippen molar-refractivity contribution in [1.82, 2.24) is 4.90 Å². The molecular weight excluding hydrogens is 230 g/mol. The second-order valence-electron chi connectivity index (χ2n) is 6.92. The van der Waals surface area contributed by atoms with Crippen LogP contribution in [-0.4, -0.2) is 24.5 Å². The van der Waals surface area contributed by atoms with Crippen molar-refractivity contribution in [3.8, 4) is 0 Å². The van der Waals surface area contributed by atoms with E-state index in [-0.39, 0.29) is 0 Å². The third kappa shape index (κ3) is 3.20. The molecule has 3 rings (SSSR count). The molecule has 1 saturated heterocycles. The third-order valence-corrected chi connectivity index (χ3v) is 5.04. The van der Waals surface area contributed by atoms with E-state index in [1.807, 2.05) is 0 Å². The Bertz CT molecular complexity index is 393. The van der Waals surface area contributed by atoms with Gasteiger partial charge in [0.2, 0.25) is 0 Å². The molecule has 0 N–H and O–H groups in total. The van der Waals surface area contributed by atoms with E-state index in [1.54, 1.807) is 5.56 Å². The highest BCUT2D eigenvalue weighted by Crippen LogP contribution is 2.39. The predicted molar refractivity (Wildman–Crippen MR) is 81.3 cm³/mol. The van der Waals surface area contributed by atoms with E-state index in [1.165, 1.54) is 38.9 Å². The van der Waals surface area contributed by atoms with Crippen molar-refractivity contribution in [3.05, 3.63) is 35.9 Å². The molecule has 0 spiro atoms. The van der Waals surface area contributed by atoms with E-state index in [0.717, 1.165) is 23.7 Å². The first-order valence-electron chi connectivity index (χ1n) is 8.01. The van der Waals surface area contributed by atoms with Crippen LogP contribution >= 0.6 is 0 Å². The molecule has 19 heavy (non-hydrogen) atoms. The van der Waals surface area contributed by atoms with E-state index in [0.29, 0.717) is 0 Å². The highest BCUT2D eigenvalue weighted by molar-refractivity contribution is 5.21. The van der Waals surface area contributed by atoms with E-state index < -0.39 is 0 Å². The Morgan fingerprint density at radius 3 is 2.47 bits per heavy atom. The van der Waals surface area contributed by atoms with Gasteiger partial charge in [-0.05, 0) is 55.0 Å². The zero-order chi connectivity index (χ0) is 13.2.